The standard InChI is InChI=1S/C10H18O2/c1-12-10(5-2-6-10)7-9(11)8-3-4-8/h8-9,11H,2-7H2,1H3. The van der Waals surface area contributed by atoms with Crippen LogP contribution in [0, 0.1) is 5.92 Å². The van der Waals surface area contributed by atoms with Gasteiger partial charge in [-0.1, -0.05) is 0 Å². The van der Waals surface area contributed by atoms with Gasteiger partial charge in [0.15, 0.2) is 0 Å². The molecule has 0 aromatic carbocycles. The molecule has 1 N–H and O–H groups in total. The van der Waals surface area contributed by atoms with Gasteiger partial charge in [-0.3, -0.25) is 0 Å². The Labute approximate surface area is 73.9 Å². The molecule has 2 aliphatic rings. The molecular weight excluding hydrogens is 152 g/mol. The molecule has 70 valence electrons. The first-order valence-corrected chi connectivity index (χ1v) is 4.99. The minimum atomic E-state index is -0.0924. The van der Waals surface area contributed by atoms with Gasteiger partial charge in [-0.05, 0) is 38.0 Å². The van der Waals surface area contributed by atoms with Crippen LogP contribution in [0.2, 0.25) is 0 Å². The first-order valence-electron chi connectivity index (χ1n) is 4.99. The van der Waals surface area contributed by atoms with E-state index in [-0.39, 0.29) is 11.7 Å². The predicted molar refractivity (Wildman–Crippen MR) is 46.9 cm³/mol. The molecule has 2 heteroatoms. The van der Waals surface area contributed by atoms with E-state index >= 15 is 0 Å². The minimum absolute atomic E-state index is 0.0575. The smallest absolute Gasteiger partial charge is 0.0703 e. The molecule has 2 saturated carbocycles. The molecule has 0 saturated heterocycles. The van der Waals surface area contributed by atoms with Crippen molar-refractivity contribution in [3.63, 3.8) is 0 Å². The number of rotatable bonds is 4. The zero-order chi connectivity index (χ0) is 8.60. The zero-order valence-corrected chi connectivity index (χ0v) is 7.75. The molecule has 2 rings (SSSR count). The SMILES string of the molecule is COC1(CC(O)C2CC2)CCC1. The summed E-state index contributed by atoms with van der Waals surface area (Å²) < 4.78 is 5.46. The Bertz CT molecular complexity index is 154. The molecule has 0 radical (unpaired) electrons. The van der Waals surface area contributed by atoms with E-state index < -0.39 is 0 Å². The average molecular weight is 170 g/mol. The summed E-state index contributed by atoms with van der Waals surface area (Å²) in [6.07, 6.45) is 6.78. The molecule has 0 spiro atoms. The quantitative estimate of drug-likeness (QED) is 0.696. The number of methoxy groups -OCH3 is 1. The third-order valence-corrected chi connectivity index (χ3v) is 3.45. The van der Waals surface area contributed by atoms with Crippen LogP contribution in [0.4, 0.5) is 0 Å². The first kappa shape index (κ1) is 8.52. The predicted octanol–water partition coefficient (Wildman–Crippen LogP) is 1.72. The zero-order valence-electron chi connectivity index (χ0n) is 7.75. The molecule has 1 unspecified atom stereocenters. The lowest BCUT2D eigenvalue weighted by molar-refractivity contribution is -0.102. The maximum Gasteiger partial charge on any atom is 0.0703 e. The summed E-state index contributed by atoms with van der Waals surface area (Å²) in [7, 11) is 1.78. The van der Waals surface area contributed by atoms with Gasteiger partial charge in [-0.25, -0.2) is 0 Å². The Balaban J connectivity index is 1.82. The maximum atomic E-state index is 9.74. The minimum Gasteiger partial charge on any atom is -0.393 e. The van der Waals surface area contributed by atoms with Crippen LogP contribution < -0.4 is 0 Å². The molecule has 2 fully saturated rings. The van der Waals surface area contributed by atoms with E-state index in [9.17, 15) is 5.11 Å². The molecule has 12 heavy (non-hydrogen) atoms. The molecule has 1 atom stereocenters. The molecule has 2 aliphatic carbocycles. The summed E-state index contributed by atoms with van der Waals surface area (Å²) in [6.45, 7) is 0. The third kappa shape index (κ3) is 1.50. The second-order valence-electron chi connectivity index (χ2n) is 4.35. The van der Waals surface area contributed by atoms with E-state index in [1.807, 2.05) is 0 Å². The van der Waals surface area contributed by atoms with E-state index in [4.69, 9.17) is 4.74 Å². The Morgan fingerprint density at radius 3 is 2.50 bits per heavy atom. The van der Waals surface area contributed by atoms with Crippen molar-refractivity contribution in [3.05, 3.63) is 0 Å². The lowest BCUT2D eigenvalue weighted by Crippen LogP contribution is -2.42. The number of aliphatic hydroxyl groups excluding tert-OH is 1. The van der Waals surface area contributed by atoms with Crippen molar-refractivity contribution in [2.24, 2.45) is 5.92 Å². The van der Waals surface area contributed by atoms with Gasteiger partial charge in [-0.15, -0.1) is 0 Å². The van der Waals surface area contributed by atoms with Gasteiger partial charge in [0, 0.05) is 13.5 Å². The highest BCUT2D eigenvalue weighted by Gasteiger charge is 2.42. The van der Waals surface area contributed by atoms with Crippen molar-refractivity contribution in [1.82, 2.24) is 0 Å². The summed E-state index contributed by atoms with van der Waals surface area (Å²) in [6, 6.07) is 0. The fourth-order valence-corrected chi connectivity index (χ4v) is 2.09. The third-order valence-electron chi connectivity index (χ3n) is 3.45. The van der Waals surface area contributed by atoms with E-state index in [2.05, 4.69) is 0 Å². The normalized spacial score (nSPS) is 29.5. The summed E-state index contributed by atoms with van der Waals surface area (Å²) in [5, 5.41) is 9.74. The summed E-state index contributed by atoms with van der Waals surface area (Å²) in [5.41, 5.74) is 0.0575. The van der Waals surface area contributed by atoms with Gasteiger partial charge in [0.05, 0.1) is 11.7 Å². The fourth-order valence-electron chi connectivity index (χ4n) is 2.09. The van der Waals surface area contributed by atoms with Crippen molar-refractivity contribution in [2.75, 3.05) is 7.11 Å². The highest BCUT2D eigenvalue weighted by Crippen LogP contribution is 2.43. The fraction of sp³-hybridized carbons (Fsp3) is 1.00. The number of ether oxygens (including phenoxy) is 1. The number of hydrogen-bond acceptors (Lipinski definition) is 2. The van der Waals surface area contributed by atoms with Gasteiger partial charge in [0.25, 0.3) is 0 Å². The Kier molecular flexibility index (Phi) is 2.13. The van der Waals surface area contributed by atoms with Crippen LogP contribution in [-0.2, 0) is 4.74 Å². The molecule has 0 aromatic rings. The van der Waals surface area contributed by atoms with Gasteiger partial charge >= 0.3 is 0 Å². The van der Waals surface area contributed by atoms with Gasteiger partial charge < -0.3 is 9.84 Å². The van der Waals surface area contributed by atoms with E-state index in [1.54, 1.807) is 7.11 Å². The highest BCUT2D eigenvalue weighted by atomic mass is 16.5. The van der Waals surface area contributed by atoms with Crippen LogP contribution >= 0.6 is 0 Å². The molecule has 0 aromatic heterocycles. The van der Waals surface area contributed by atoms with Crippen molar-refractivity contribution in [1.29, 1.82) is 0 Å². The topological polar surface area (TPSA) is 29.5 Å². The second kappa shape index (κ2) is 3.00. The van der Waals surface area contributed by atoms with Gasteiger partial charge in [-0.2, -0.15) is 0 Å². The lowest BCUT2D eigenvalue weighted by Gasteiger charge is -2.41. The molecule has 0 amide bonds. The first-order chi connectivity index (χ1) is 5.76. The van der Waals surface area contributed by atoms with Crippen molar-refractivity contribution in [2.45, 2.75) is 50.2 Å². The van der Waals surface area contributed by atoms with Crippen LogP contribution in [0.15, 0.2) is 0 Å². The summed E-state index contributed by atoms with van der Waals surface area (Å²) in [4.78, 5) is 0. The van der Waals surface area contributed by atoms with Crippen LogP contribution in [0.1, 0.15) is 38.5 Å². The Morgan fingerprint density at radius 1 is 1.50 bits per heavy atom. The van der Waals surface area contributed by atoms with Crippen molar-refractivity contribution < 1.29 is 9.84 Å². The number of hydrogen-bond donors (Lipinski definition) is 1. The van der Waals surface area contributed by atoms with Crippen LogP contribution in [0.25, 0.3) is 0 Å². The monoisotopic (exact) mass is 170 g/mol. The molecule has 0 bridgehead atoms. The maximum absolute atomic E-state index is 9.74. The van der Waals surface area contributed by atoms with Gasteiger partial charge in [0.2, 0.25) is 0 Å². The average Bonchev–Trinajstić information content (AvgIpc) is 2.78. The molecular formula is C10H18O2. The van der Waals surface area contributed by atoms with E-state index in [1.165, 1.54) is 19.3 Å². The van der Waals surface area contributed by atoms with Crippen molar-refractivity contribution in [3.8, 4) is 0 Å². The van der Waals surface area contributed by atoms with E-state index in [0.717, 1.165) is 19.3 Å². The van der Waals surface area contributed by atoms with E-state index in [0.29, 0.717) is 5.92 Å². The molecule has 2 nitrogen and oxygen atoms in total. The summed E-state index contributed by atoms with van der Waals surface area (Å²) >= 11 is 0. The van der Waals surface area contributed by atoms with Crippen LogP contribution in [0.3, 0.4) is 0 Å². The van der Waals surface area contributed by atoms with Crippen LogP contribution in [-0.4, -0.2) is 23.9 Å². The summed E-state index contributed by atoms with van der Waals surface area (Å²) in [5.74, 6) is 0.595. The lowest BCUT2D eigenvalue weighted by atomic mass is 9.75. The van der Waals surface area contributed by atoms with Crippen LogP contribution in [0.5, 0.6) is 0 Å². The van der Waals surface area contributed by atoms with Gasteiger partial charge in [0.1, 0.15) is 0 Å². The van der Waals surface area contributed by atoms with Crippen molar-refractivity contribution >= 4 is 0 Å². The Morgan fingerprint density at radius 2 is 2.17 bits per heavy atom. The largest absolute Gasteiger partial charge is 0.393 e. The number of aliphatic hydroxyl groups is 1. The second-order valence-corrected chi connectivity index (χ2v) is 4.35. The highest BCUT2D eigenvalue weighted by molar-refractivity contribution is 4.94. The molecule has 0 aliphatic heterocycles. The Hall–Kier alpha value is -0.0800. The molecule has 0 heterocycles.